The Balaban J connectivity index is 2.24. The summed E-state index contributed by atoms with van der Waals surface area (Å²) in [6.07, 6.45) is -0.154. The molecule has 0 aliphatic heterocycles. The molecule has 2 rings (SSSR count). The molecule has 7 nitrogen and oxygen atoms in total. The van der Waals surface area contributed by atoms with Crippen LogP contribution >= 0.6 is 0 Å². The van der Waals surface area contributed by atoms with Crippen molar-refractivity contribution in [2.45, 2.75) is 45.4 Å². The minimum Gasteiger partial charge on any atom is -0.390 e. The number of aryl methyl sites for hydroxylation is 1. The largest absolute Gasteiger partial charge is 0.390 e. The molecule has 0 aliphatic rings. The number of aliphatic hydroxyl groups is 1. The normalized spacial score (nSPS) is 13.7. The summed E-state index contributed by atoms with van der Waals surface area (Å²) >= 11 is 0. The van der Waals surface area contributed by atoms with Crippen LogP contribution in [-0.4, -0.2) is 45.5 Å². The molecule has 1 aromatic heterocycles. The molecule has 26 heavy (non-hydrogen) atoms. The van der Waals surface area contributed by atoms with Crippen LogP contribution in [0.5, 0.6) is 0 Å². The number of aromatic nitrogens is 2. The Labute approximate surface area is 151 Å². The molecule has 0 fully saturated rings. The fraction of sp³-hybridized carbons (Fsp3) is 0.500. The van der Waals surface area contributed by atoms with Gasteiger partial charge in [0.05, 0.1) is 11.6 Å². The topological polar surface area (TPSA) is 110 Å². The molecule has 0 bridgehead atoms. The second-order valence-electron chi connectivity index (χ2n) is 6.64. The fourth-order valence-electron chi connectivity index (χ4n) is 2.80. The van der Waals surface area contributed by atoms with Crippen LogP contribution in [0.15, 0.2) is 24.3 Å². The van der Waals surface area contributed by atoms with Crippen molar-refractivity contribution in [2.75, 3.05) is 6.67 Å². The van der Waals surface area contributed by atoms with E-state index in [0.29, 0.717) is 24.8 Å². The van der Waals surface area contributed by atoms with Gasteiger partial charge in [0.1, 0.15) is 12.7 Å². The summed E-state index contributed by atoms with van der Waals surface area (Å²) in [6.45, 7) is 3.25. The van der Waals surface area contributed by atoms with Gasteiger partial charge in [-0.15, -0.1) is 0 Å². The standard InChI is InChI=1S/C18H25FN4O3/c1-11(2)15(17(20)25)21-18(26)16-13-7-3-4-8-14(13)23(22-16)9-5-6-12(24)10-19/h3-4,7-8,11-12,15,24H,5-6,9-10H2,1-2H3,(H2,20,25)(H,21,26)/t12-,15+/m0/s1. The Morgan fingerprint density at radius 1 is 1.35 bits per heavy atom. The predicted molar refractivity (Wildman–Crippen MR) is 96.2 cm³/mol. The molecule has 0 radical (unpaired) electrons. The average molecular weight is 364 g/mol. The van der Waals surface area contributed by atoms with Crippen molar-refractivity contribution in [3.63, 3.8) is 0 Å². The second kappa shape index (κ2) is 8.75. The first kappa shape index (κ1) is 19.8. The number of benzene rings is 1. The van der Waals surface area contributed by atoms with Crippen molar-refractivity contribution in [1.29, 1.82) is 0 Å². The third kappa shape index (κ3) is 4.57. The first-order valence-electron chi connectivity index (χ1n) is 8.65. The number of fused-ring (bicyclic) bond motifs is 1. The van der Waals surface area contributed by atoms with Crippen LogP contribution in [0.1, 0.15) is 37.2 Å². The van der Waals surface area contributed by atoms with Crippen LogP contribution in [0.4, 0.5) is 4.39 Å². The summed E-state index contributed by atoms with van der Waals surface area (Å²) in [5.74, 6) is -1.22. The maximum atomic E-state index is 12.6. The zero-order valence-electron chi connectivity index (χ0n) is 15.0. The Bertz CT molecular complexity index is 775. The van der Waals surface area contributed by atoms with E-state index in [1.807, 2.05) is 12.1 Å². The molecular formula is C18H25FN4O3. The van der Waals surface area contributed by atoms with E-state index in [1.165, 1.54) is 0 Å². The molecule has 0 saturated carbocycles. The highest BCUT2D eigenvalue weighted by Gasteiger charge is 2.25. The van der Waals surface area contributed by atoms with Crippen molar-refractivity contribution in [3.05, 3.63) is 30.0 Å². The van der Waals surface area contributed by atoms with E-state index >= 15 is 0 Å². The Morgan fingerprint density at radius 3 is 2.65 bits per heavy atom. The molecule has 2 aromatic rings. The number of alkyl halides is 1. The van der Waals surface area contributed by atoms with Crippen LogP contribution in [0.25, 0.3) is 10.9 Å². The van der Waals surface area contributed by atoms with Gasteiger partial charge in [-0.25, -0.2) is 4.39 Å². The molecule has 2 amide bonds. The Morgan fingerprint density at radius 2 is 2.04 bits per heavy atom. The minimum absolute atomic E-state index is 0.146. The summed E-state index contributed by atoms with van der Waals surface area (Å²) in [5.41, 5.74) is 6.32. The molecule has 1 aromatic carbocycles. The van der Waals surface area contributed by atoms with E-state index in [1.54, 1.807) is 30.7 Å². The van der Waals surface area contributed by atoms with Gasteiger partial charge < -0.3 is 16.2 Å². The Hall–Kier alpha value is -2.48. The number of carbonyl (C=O) groups excluding carboxylic acids is 2. The van der Waals surface area contributed by atoms with Crippen LogP contribution < -0.4 is 11.1 Å². The number of nitrogens with two attached hydrogens (primary N) is 1. The third-order valence-corrected chi connectivity index (χ3v) is 4.22. The zero-order valence-corrected chi connectivity index (χ0v) is 15.0. The lowest BCUT2D eigenvalue weighted by Crippen LogP contribution is -2.47. The highest BCUT2D eigenvalue weighted by atomic mass is 19.1. The molecule has 142 valence electrons. The van der Waals surface area contributed by atoms with Gasteiger partial charge in [0, 0.05) is 11.9 Å². The van der Waals surface area contributed by atoms with Gasteiger partial charge in [0.25, 0.3) is 5.91 Å². The highest BCUT2D eigenvalue weighted by Crippen LogP contribution is 2.19. The van der Waals surface area contributed by atoms with E-state index in [2.05, 4.69) is 10.4 Å². The number of aliphatic hydroxyl groups excluding tert-OH is 1. The number of hydrogen-bond donors (Lipinski definition) is 3. The molecule has 0 saturated heterocycles. The lowest BCUT2D eigenvalue weighted by atomic mass is 10.0. The monoisotopic (exact) mass is 364 g/mol. The maximum Gasteiger partial charge on any atom is 0.273 e. The van der Waals surface area contributed by atoms with E-state index < -0.39 is 30.6 Å². The fourth-order valence-corrected chi connectivity index (χ4v) is 2.80. The summed E-state index contributed by atoms with van der Waals surface area (Å²) in [4.78, 5) is 24.2. The first-order valence-corrected chi connectivity index (χ1v) is 8.65. The summed E-state index contributed by atoms with van der Waals surface area (Å²) in [7, 11) is 0. The van der Waals surface area contributed by atoms with E-state index in [0.717, 1.165) is 5.52 Å². The smallest absolute Gasteiger partial charge is 0.273 e. The summed E-state index contributed by atoms with van der Waals surface area (Å²) in [6, 6.07) is 6.45. The summed E-state index contributed by atoms with van der Waals surface area (Å²) in [5, 5.41) is 17.0. The lowest BCUT2D eigenvalue weighted by Gasteiger charge is -2.18. The number of carbonyl (C=O) groups is 2. The van der Waals surface area contributed by atoms with E-state index in [4.69, 9.17) is 5.73 Å². The summed E-state index contributed by atoms with van der Waals surface area (Å²) < 4.78 is 14.0. The number of nitrogens with one attached hydrogen (secondary N) is 1. The van der Waals surface area contributed by atoms with Crippen molar-refractivity contribution >= 4 is 22.7 Å². The SMILES string of the molecule is CC(C)[C@@H](NC(=O)c1nn(CCC[C@H](O)CF)c2ccccc12)C(N)=O. The van der Waals surface area contributed by atoms with Gasteiger partial charge >= 0.3 is 0 Å². The average Bonchev–Trinajstić information content (AvgIpc) is 2.97. The third-order valence-electron chi connectivity index (χ3n) is 4.22. The van der Waals surface area contributed by atoms with E-state index in [9.17, 15) is 19.1 Å². The van der Waals surface area contributed by atoms with Gasteiger partial charge in [-0.2, -0.15) is 5.10 Å². The Kier molecular flexibility index (Phi) is 6.68. The zero-order chi connectivity index (χ0) is 19.3. The second-order valence-corrected chi connectivity index (χ2v) is 6.64. The van der Waals surface area contributed by atoms with Crippen molar-refractivity contribution in [3.8, 4) is 0 Å². The number of rotatable bonds is 9. The molecule has 4 N–H and O–H groups in total. The van der Waals surface area contributed by atoms with Gasteiger partial charge in [-0.05, 0) is 24.8 Å². The number of para-hydroxylation sites is 1. The molecule has 0 aliphatic carbocycles. The van der Waals surface area contributed by atoms with Crippen molar-refractivity contribution in [2.24, 2.45) is 11.7 Å². The van der Waals surface area contributed by atoms with Gasteiger partial charge in [0.15, 0.2) is 5.69 Å². The van der Waals surface area contributed by atoms with Gasteiger partial charge in [0.2, 0.25) is 5.91 Å². The molecule has 1 heterocycles. The van der Waals surface area contributed by atoms with Crippen molar-refractivity contribution in [1.82, 2.24) is 15.1 Å². The van der Waals surface area contributed by atoms with Crippen LogP contribution in [0.3, 0.4) is 0 Å². The van der Waals surface area contributed by atoms with Crippen LogP contribution in [0.2, 0.25) is 0 Å². The van der Waals surface area contributed by atoms with Crippen LogP contribution in [0, 0.1) is 5.92 Å². The number of hydrogen-bond acceptors (Lipinski definition) is 4. The maximum absolute atomic E-state index is 12.6. The quantitative estimate of drug-likeness (QED) is 0.624. The molecule has 2 atom stereocenters. The molecular weight excluding hydrogens is 339 g/mol. The minimum atomic E-state index is -0.984. The number of halogens is 1. The molecule has 0 spiro atoms. The number of amides is 2. The first-order chi connectivity index (χ1) is 12.3. The number of nitrogens with zero attached hydrogens (tertiary/aromatic N) is 2. The van der Waals surface area contributed by atoms with Crippen molar-refractivity contribution < 1.29 is 19.1 Å². The highest BCUT2D eigenvalue weighted by molar-refractivity contribution is 6.06. The molecule has 0 unspecified atom stereocenters. The predicted octanol–water partition coefficient (Wildman–Crippen LogP) is 1.39. The van der Waals surface area contributed by atoms with Gasteiger partial charge in [-0.1, -0.05) is 32.0 Å². The lowest BCUT2D eigenvalue weighted by molar-refractivity contribution is -0.120. The van der Waals surface area contributed by atoms with E-state index in [-0.39, 0.29) is 11.6 Å². The number of primary amides is 1. The molecule has 8 heteroatoms. The van der Waals surface area contributed by atoms with Crippen LogP contribution in [-0.2, 0) is 11.3 Å². The van der Waals surface area contributed by atoms with Gasteiger partial charge in [-0.3, -0.25) is 14.3 Å².